The molecule has 1 heterocycles. The average Bonchev–Trinajstić information content (AvgIpc) is 3.04. The summed E-state index contributed by atoms with van der Waals surface area (Å²) in [6.45, 7) is 5.28. The molecular weight excluding hydrogens is 443 g/mol. The summed E-state index contributed by atoms with van der Waals surface area (Å²) in [6, 6.07) is 11.4. The minimum Gasteiger partial charge on any atom is -0.463 e. The molecule has 0 spiro atoms. The van der Waals surface area contributed by atoms with E-state index in [1.54, 1.807) is 32.9 Å². The first-order chi connectivity index (χ1) is 16.3. The Bertz CT molecular complexity index is 1130. The van der Waals surface area contributed by atoms with Crippen LogP contribution in [-0.4, -0.2) is 37.0 Å². The van der Waals surface area contributed by atoms with Crippen molar-refractivity contribution in [3.05, 3.63) is 71.2 Å². The SMILES string of the molecule is CCOC(=O)C1=C(C)N(c2ccc(F)cc2)C(=O)[C@@H]1CC(=O)Nc1ccc(C(=O)OCC)cc1. The first-order valence-corrected chi connectivity index (χ1v) is 10.8. The second kappa shape index (κ2) is 10.7. The normalized spacial score (nSPS) is 15.4. The van der Waals surface area contributed by atoms with Crippen molar-refractivity contribution in [1.29, 1.82) is 0 Å². The lowest BCUT2D eigenvalue weighted by molar-refractivity contribution is -0.140. The van der Waals surface area contributed by atoms with Crippen LogP contribution in [0.5, 0.6) is 0 Å². The number of hydrogen-bond donors (Lipinski definition) is 1. The van der Waals surface area contributed by atoms with Crippen molar-refractivity contribution in [1.82, 2.24) is 0 Å². The lowest BCUT2D eigenvalue weighted by Crippen LogP contribution is -2.31. The van der Waals surface area contributed by atoms with Gasteiger partial charge < -0.3 is 14.8 Å². The van der Waals surface area contributed by atoms with Crippen molar-refractivity contribution in [2.24, 2.45) is 5.92 Å². The Morgan fingerprint density at radius 2 is 1.53 bits per heavy atom. The topological polar surface area (TPSA) is 102 Å². The van der Waals surface area contributed by atoms with Crippen molar-refractivity contribution in [2.45, 2.75) is 27.2 Å². The minimum absolute atomic E-state index is 0.0870. The van der Waals surface area contributed by atoms with Gasteiger partial charge in [0.15, 0.2) is 0 Å². The van der Waals surface area contributed by atoms with E-state index in [0.717, 1.165) is 0 Å². The van der Waals surface area contributed by atoms with Gasteiger partial charge in [-0.2, -0.15) is 0 Å². The van der Waals surface area contributed by atoms with Gasteiger partial charge >= 0.3 is 11.9 Å². The number of nitrogens with zero attached hydrogens (tertiary/aromatic N) is 1. The van der Waals surface area contributed by atoms with Gasteiger partial charge in [-0.15, -0.1) is 0 Å². The monoisotopic (exact) mass is 468 g/mol. The summed E-state index contributed by atoms with van der Waals surface area (Å²) in [5, 5.41) is 2.67. The maximum atomic E-state index is 13.4. The van der Waals surface area contributed by atoms with Gasteiger partial charge in [-0.25, -0.2) is 14.0 Å². The molecule has 2 aromatic carbocycles. The van der Waals surface area contributed by atoms with Crippen molar-refractivity contribution in [3.63, 3.8) is 0 Å². The molecule has 2 aromatic rings. The molecule has 3 rings (SSSR count). The molecule has 0 radical (unpaired) electrons. The Balaban J connectivity index is 1.80. The van der Waals surface area contributed by atoms with Crippen molar-refractivity contribution < 1.29 is 33.0 Å². The molecule has 1 N–H and O–H groups in total. The lowest BCUT2D eigenvalue weighted by atomic mass is 9.96. The third-order valence-electron chi connectivity index (χ3n) is 5.24. The molecule has 1 atom stereocenters. The number of nitrogens with one attached hydrogen (secondary N) is 1. The third-order valence-corrected chi connectivity index (χ3v) is 5.24. The van der Waals surface area contributed by atoms with Crippen LogP contribution < -0.4 is 10.2 Å². The van der Waals surface area contributed by atoms with Crippen LogP contribution in [0.15, 0.2) is 59.8 Å². The van der Waals surface area contributed by atoms with Crippen LogP contribution in [0.2, 0.25) is 0 Å². The summed E-state index contributed by atoms with van der Waals surface area (Å²) in [6.07, 6.45) is -0.304. The first kappa shape index (κ1) is 24.6. The number of halogens is 1. The largest absolute Gasteiger partial charge is 0.463 e. The zero-order chi connectivity index (χ0) is 24.8. The van der Waals surface area contributed by atoms with E-state index in [9.17, 15) is 23.6 Å². The Hall–Kier alpha value is -4.01. The highest BCUT2D eigenvalue weighted by molar-refractivity contribution is 6.12. The number of benzene rings is 2. The van der Waals surface area contributed by atoms with Crippen molar-refractivity contribution in [2.75, 3.05) is 23.4 Å². The molecule has 178 valence electrons. The molecule has 0 aliphatic carbocycles. The minimum atomic E-state index is -1.07. The van der Waals surface area contributed by atoms with Crippen molar-refractivity contribution in [3.8, 4) is 0 Å². The van der Waals surface area contributed by atoms with Crippen LogP contribution in [0.1, 0.15) is 37.6 Å². The molecule has 34 heavy (non-hydrogen) atoms. The highest BCUT2D eigenvalue weighted by atomic mass is 19.1. The number of rotatable bonds is 8. The van der Waals surface area contributed by atoms with Crippen LogP contribution in [0.3, 0.4) is 0 Å². The van der Waals surface area contributed by atoms with Gasteiger partial charge in [-0.1, -0.05) is 0 Å². The Labute approximate surface area is 196 Å². The van der Waals surface area contributed by atoms with E-state index >= 15 is 0 Å². The van der Waals surface area contributed by atoms with Crippen LogP contribution in [0.25, 0.3) is 0 Å². The molecule has 0 unspecified atom stereocenters. The molecule has 1 aliphatic heterocycles. The molecule has 9 heteroatoms. The van der Waals surface area contributed by atoms with E-state index in [2.05, 4.69) is 5.32 Å². The molecule has 8 nitrogen and oxygen atoms in total. The number of amides is 2. The number of hydrogen-bond acceptors (Lipinski definition) is 6. The molecule has 2 amide bonds. The zero-order valence-corrected chi connectivity index (χ0v) is 19.1. The molecule has 0 aromatic heterocycles. The number of carbonyl (C=O) groups is 4. The van der Waals surface area contributed by atoms with Crippen LogP contribution in [0, 0.1) is 11.7 Å². The molecule has 0 fully saturated rings. The maximum absolute atomic E-state index is 13.4. The van der Waals surface area contributed by atoms with E-state index in [0.29, 0.717) is 22.6 Å². The standard InChI is InChI=1S/C25H25FN2O6/c1-4-33-24(31)16-6-10-18(11-7-16)27-21(29)14-20-22(25(32)34-5-2)15(3)28(23(20)30)19-12-8-17(26)9-13-19/h6-13,20H,4-5,14H2,1-3H3,(H,27,29)/t20-/m1/s1. The molecule has 0 saturated carbocycles. The van der Waals surface area contributed by atoms with E-state index in [4.69, 9.17) is 9.47 Å². The number of ether oxygens (including phenoxy) is 2. The molecule has 0 saturated heterocycles. The van der Waals surface area contributed by atoms with Gasteiger partial charge in [0.25, 0.3) is 0 Å². The van der Waals surface area contributed by atoms with E-state index < -0.39 is 35.5 Å². The highest BCUT2D eigenvalue weighted by Gasteiger charge is 2.43. The predicted molar refractivity (Wildman–Crippen MR) is 122 cm³/mol. The average molecular weight is 468 g/mol. The van der Waals surface area contributed by atoms with Crippen LogP contribution in [-0.2, 0) is 23.9 Å². The number of esters is 2. The Morgan fingerprint density at radius 3 is 2.12 bits per heavy atom. The summed E-state index contributed by atoms with van der Waals surface area (Å²) in [4.78, 5) is 51.7. The Kier molecular flexibility index (Phi) is 7.78. The van der Waals surface area contributed by atoms with E-state index in [-0.39, 0.29) is 25.2 Å². The first-order valence-electron chi connectivity index (χ1n) is 10.8. The number of carbonyl (C=O) groups excluding carboxylic acids is 4. The van der Waals surface area contributed by atoms with Crippen LogP contribution >= 0.6 is 0 Å². The summed E-state index contributed by atoms with van der Waals surface area (Å²) < 4.78 is 23.4. The molecular formula is C25H25FN2O6. The van der Waals surface area contributed by atoms with E-state index in [1.165, 1.54) is 41.3 Å². The van der Waals surface area contributed by atoms with Crippen molar-refractivity contribution >= 4 is 35.1 Å². The van der Waals surface area contributed by atoms with E-state index in [1.807, 2.05) is 0 Å². The summed E-state index contributed by atoms with van der Waals surface area (Å²) in [5.41, 5.74) is 1.54. The maximum Gasteiger partial charge on any atom is 0.338 e. The second-order valence-corrected chi connectivity index (χ2v) is 7.47. The van der Waals surface area contributed by atoms with Gasteiger partial charge in [0, 0.05) is 23.5 Å². The predicted octanol–water partition coefficient (Wildman–Crippen LogP) is 3.83. The molecule has 0 bridgehead atoms. The quantitative estimate of drug-likeness (QED) is 0.591. The van der Waals surface area contributed by atoms with Gasteiger partial charge in [0.05, 0.1) is 30.3 Å². The fourth-order valence-electron chi connectivity index (χ4n) is 3.72. The highest BCUT2D eigenvalue weighted by Crippen LogP contribution is 2.36. The smallest absolute Gasteiger partial charge is 0.338 e. The fourth-order valence-corrected chi connectivity index (χ4v) is 3.72. The molecule has 1 aliphatic rings. The third kappa shape index (κ3) is 5.31. The summed E-state index contributed by atoms with van der Waals surface area (Å²) in [5.74, 6) is -3.68. The van der Waals surface area contributed by atoms with Gasteiger partial charge in [0.1, 0.15) is 5.82 Å². The van der Waals surface area contributed by atoms with Gasteiger partial charge in [-0.05, 0) is 69.3 Å². The Morgan fingerprint density at radius 1 is 0.941 bits per heavy atom. The second-order valence-electron chi connectivity index (χ2n) is 7.47. The fraction of sp³-hybridized carbons (Fsp3) is 0.280. The number of anilines is 2. The van der Waals surface area contributed by atoms with Gasteiger partial charge in [0.2, 0.25) is 11.8 Å². The van der Waals surface area contributed by atoms with Gasteiger partial charge in [-0.3, -0.25) is 14.5 Å². The lowest BCUT2D eigenvalue weighted by Gasteiger charge is -2.19. The zero-order valence-electron chi connectivity index (χ0n) is 19.1. The number of allylic oxidation sites excluding steroid dienone is 1. The van der Waals surface area contributed by atoms with Crippen LogP contribution in [0.4, 0.5) is 15.8 Å². The summed E-state index contributed by atoms with van der Waals surface area (Å²) in [7, 11) is 0. The summed E-state index contributed by atoms with van der Waals surface area (Å²) >= 11 is 0.